The number of hydrogen-bond donors (Lipinski definition) is 1. The quantitative estimate of drug-likeness (QED) is 0.545. The Hall–Kier alpha value is -1.90. The summed E-state index contributed by atoms with van der Waals surface area (Å²) in [6.07, 6.45) is 5.49. The molecule has 6 nitrogen and oxygen atoms in total. The Balaban J connectivity index is 1.61. The van der Waals surface area contributed by atoms with Gasteiger partial charge < -0.3 is 10.2 Å². The zero-order chi connectivity index (χ0) is 19.4. The molecule has 0 aliphatic heterocycles. The number of hydrogen-bond acceptors (Lipinski definition) is 3. The first-order valence-electron chi connectivity index (χ1n) is 8.45. The first-order chi connectivity index (χ1) is 13.0. The van der Waals surface area contributed by atoms with Crippen LogP contribution in [0.3, 0.4) is 0 Å². The van der Waals surface area contributed by atoms with Crippen molar-refractivity contribution < 1.29 is 0 Å². The number of aryl methyl sites for hydroxylation is 1. The van der Waals surface area contributed by atoms with Crippen molar-refractivity contribution in [2.24, 2.45) is 0 Å². The highest BCUT2D eigenvalue weighted by molar-refractivity contribution is 9.10. The average Bonchev–Trinajstić information content (AvgIpc) is 3.21. The van der Waals surface area contributed by atoms with Gasteiger partial charge in [0.2, 0.25) is 0 Å². The molecule has 9 heteroatoms. The van der Waals surface area contributed by atoms with E-state index >= 15 is 0 Å². The Labute approximate surface area is 177 Å². The number of nitrogens with one attached hydrogen (secondary N) is 1. The van der Waals surface area contributed by atoms with Crippen LogP contribution in [-0.4, -0.2) is 36.6 Å². The number of nitrogens with zero attached hydrogens (tertiary/aromatic N) is 5. The Kier molecular flexibility index (Phi) is 6.51. The van der Waals surface area contributed by atoms with E-state index in [1.807, 2.05) is 58.0 Å². The molecule has 3 aromatic rings. The number of rotatable bonds is 6. The Morgan fingerprint density at radius 3 is 2.89 bits per heavy atom. The van der Waals surface area contributed by atoms with Crippen molar-refractivity contribution >= 4 is 50.5 Å². The van der Waals surface area contributed by atoms with Gasteiger partial charge in [0.25, 0.3) is 0 Å². The Morgan fingerprint density at radius 2 is 2.15 bits per heavy atom. The van der Waals surface area contributed by atoms with Crippen molar-refractivity contribution in [2.45, 2.75) is 26.6 Å². The normalized spacial score (nSPS) is 10.8. The average molecular weight is 468 g/mol. The van der Waals surface area contributed by atoms with Gasteiger partial charge >= 0.3 is 0 Å². The highest BCUT2D eigenvalue weighted by atomic mass is 79.9. The molecular formula is C18H20BrClN6S. The summed E-state index contributed by atoms with van der Waals surface area (Å²) >= 11 is 15.1. The maximum absolute atomic E-state index is 6.04. The lowest BCUT2D eigenvalue weighted by Crippen LogP contribution is -2.31. The third-order valence-electron chi connectivity index (χ3n) is 4.05. The molecule has 0 atom stereocenters. The van der Waals surface area contributed by atoms with Gasteiger partial charge in [0.05, 0.1) is 41.3 Å². The number of anilines is 1. The SMILES string of the molecule is CCn1ncc(Br)c1CN(C)C(=S)Nc1cnn(Cc2cccc(Cl)c2)c1. The fourth-order valence-electron chi connectivity index (χ4n) is 2.67. The van der Waals surface area contributed by atoms with Crippen molar-refractivity contribution in [3.8, 4) is 0 Å². The van der Waals surface area contributed by atoms with E-state index in [-0.39, 0.29) is 0 Å². The monoisotopic (exact) mass is 466 g/mol. The zero-order valence-corrected chi connectivity index (χ0v) is 18.2. The van der Waals surface area contributed by atoms with Gasteiger partial charge in [0, 0.05) is 24.8 Å². The second-order valence-electron chi connectivity index (χ2n) is 6.10. The summed E-state index contributed by atoms with van der Waals surface area (Å²) in [7, 11) is 1.95. The van der Waals surface area contributed by atoms with Crippen LogP contribution in [0.2, 0.25) is 5.02 Å². The van der Waals surface area contributed by atoms with E-state index in [2.05, 4.69) is 38.4 Å². The number of thiocarbonyl (C=S) groups is 1. The van der Waals surface area contributed by atoms with Gasteiger partial charge in [-0.1, -0.05) is 23.7 Å². The molecule has 0 saturated heterocycles. The minimum atomic E-state index is 0.619. The predicted molar refractivity (Wildman–Crippen MR) is 116 cm³/mol. The minimum absolute atomic E-state index is 0.619. The molecule has 0 amide bonds. The third kappa shape index (κ3) is 5.09. The summed E-state index contributed by atoms with van der Waals surface area (Å²) in [5.74, 6) is 0. The largest absolute Gasteiger partial charge is 0.346 e. The summed E-state index contributed by atoms with van der Waals surface area (Å²) in [6.45, 7) is 4.17. The van der Waals surface area contributed by atoms with Crippen LogP contribution in [0.5, 0.6) is 0 Å². The van der Waals surface area contributed by atoms with E-state index < -0.39 is 0 Å². The van der Waals surface area contributed by atoms with Crippen LogP contribution >= 0.6 is 39.7 Å². The third-order valence-corrected chi connectivity index (χ3v) is 5.36. The van der Waals surface area contributed by atoms with Crippen molar-refractivity contribution in [3.05, 3.63) is 63.6 Å². The molecule has 2 aromatic heterocycles. The van der Waals surface area contributed by atoms with Crippen LogP contribution in [0.15, 0.2) is 47.3 Å². The highest BCUT2D eigenvalue weighted by Crippen LogP contribution is 2.18. The fourth-order valence-corrected chi connectivity index (χ4v) is 3.49. The zero-order valence-electron chi connectivity index (χ0n) is 15.1. The lowest BCUT2D eigenvalue weighted by molar-refractivity contribution is 0.470. The number of benzene rings is 1. The molecule has 0 aliphatic carbocycles. The molecule has 0 bridgehead atoms. The highest BCUT2D eigenvalue weighted by Gasteiger charge is 2.13. The van der Waals surface area contributed by atoms with E-state index in [0.717, 1.165) is 33.0 Å². The van der Waals surface area contributed by atoms with Crippen molar-refractivity contribution in [1.82, 2.24) is 24.5 Å². The maximum Gasteiger partial charge on any atom is 0.173 e. The molecule has 0 aliphatic rings. The standard InChI is InChI=1S/C18H20BrClN6S/c1-3-26-17(16(19)9-22-26)12-24(2)18(27)23-15-8-21-25(11-15)10-13-5-4-6-14(20)7-13/h4-9,11H,3,10,12H2,1-2H3,(H,23,27). The molecule has 0 spiro atoms. The number of aromatic nitrogens is 4. The van der Waals surface area contributed by atoms with Gasteiger partial charge in [-0.15, -0.1) is 0 Å². The molecular weight excluding hydrogens is 448 g/mol. The van der Waals surface area contributed by atoms with E-state index in [4.69, 9.17) is 23.8 Å². The second-order valence-corrected chi connectivity index (χ2v) is 7.78. The maximum atomic E-state index is 6.04. The smallest absolute Gasteiger partial charge is 0.173 e. The van der Waals surface area contributed by atoms with Crippen LogP contribution < -0.4 is 5.32 Å². The Morgan fingerprint density at radius 1 is 1.33 bits per heavy atom. The van der Waals surface area contributed by atoms with Gasteiger partial charge in [-0.2, -0.15) is 10.2 Å². The Bertz CT molecular complexity index is 938. The fraction of sp³-hybridized carbons (Fsp3) is 0.278. The molecule has 0 fully saturated rings. The molecule has 0 saturated carbocycles. The second kappa shape index (κ2) is 8.86. The molecule has 2 heterocycles. The van der Waals surface area contributed by atoms with Crippen LogP contribution in [-0.2, 0) is 19.6 Å². The first kappa shape index (κ1) is 19.9. The van der Waals surface area contributed by atoms with E-state index in [0.29, 0.717) is 18.2 Å². The van der Waals surface area contributed by atoms with Gasteiger partial charge in [0.1, 0.15) is 0 Å². The summed E-state index contributed by atoms with van der Waals surface area (Å²) in [5.41, 5.74) is 3.02. The molecule has 1 aromatic carbocycles. The van der Waals surface area contributed by atoms with E-state index in [1.54, 1.807) is 6.20 Å². The molecule has 27 heavy (non-hydrogen) atoms. The van der Waals surface area contributed by atoms with Crippen molar-refractivity contribution in [2.75, 3.05) is 12.4 Å². The van der Waals surface area contributed by atoms with Crippen LogP contribution in [0.25, 0.3) is 0 Å². The summed E-state index contributed by atoms with van der Waals surface area (Å²) < 4.78 is 4.78. The van der Waals surface area contributed by atoms with E-state index in [9.17, 15) is 0 Å². The first-order valence-corrected chi connectivity index (χ1v) is 10.0. The van der Waals surface area contributed by atoms with Crippen LogP contribution in [0.4, 0.5) is 5.69 Å². The van der Waals surface area contributed by atoms with Crippen molar-refractivity contribution in [3.63, 3.8) is 0 Å². The number of halogens is 2. The topological polar surface area (TPSA) is 50.9 Å². The molecule has 1 N–H and O–H groups in total. The van der Waals surface area contributed by atoms with Crippen LogP contribution in [0, 0.1) is 0 Å². The lowest BCUT2D eigenvalue weighted by Gasteiger charge is -2.21. The molecule has 3 rings (SSSR count). The van der Waals surface area contributed by atoms with Crippen LogP contribution in [0.1, 0.15) is 18.2 Å². The molecule has 0 unspecified atom stereocenters. The van der Waals surface area contributed by atoms with Gasteiger partial charge in [-0.25, -0.2) is 0 Å². The summed E-state index contributed by atoms with van der Waals surface area (Å²) in [5, 5.41) is 13.3. The van der Waals surface area contributed by atoms with Gasteiger partial charge in [-0.05, 0) is 52.8 Å². The predicted octanol–water partition coefficient (Wildman–Crippen LogP) is 4.39. The molecule has 0 radical (unpaired) electrons. The summed E-state index contributed by atoms with van der Waals surface area (Å²) in [6, 6.07) is 7.75. The van der Waals surface area contributed by atoms with Crippen molar-refractivity contribution in [1.29, 1.82) is 0 Å². The van der Waals surface area contributed by atoms with Gasteiger partial charge in [0.15, 0.2) is 5.11 Å². The minimum Gasteiger partial charge on any atom is -0.346 e. The van der Waals surface area contributed by atoms with E-state index in [1.165, 1.54) is 0 Å². The lowest BCUT2D eigenvalue weighted by atomic mass is 10.2. The molecule has 142 valence electrons. The summed E-state index contributed by atoms with van der Waals surface area (Å²) in [4.78, 5) is 1.97. The van der Waals surface area contributed by atoms with Gasteiger partial charge in [-0.3, -0.25) is 9.36 Å².